The van der Waals surface area contributed by atoms with Gasteiger partial charge in [0, 0.05) is 32.8 Å². The van der Waals surface area contributed by atoms with Crippen molar-refractivity contribution in [2.24, 2.45) is 5.73 Å². The summed E-state index contributed by atoms with van der Waals surface area (Å²) in [5.41, 5.74) is 25.6. The summed E-state index contributed by atoms with van der Waals surface area (Å²) in [6, 6.07) is 21.0. The van der Waals surface area contributed by atoms with Gasteiger partial charge in [0.15, 0.2) is 0 Å². The number of allylic oxidation sites excluding steroid dienone is 11. The van der Waals surface area contributed by atoms with Gasteiger partial charge in [0.1, 0.15) is 13.8 Å². The number of benzene rings is 3. The van der Waals surface area contributed by atoms with E-state index in [1.807, 2.05) is 43.3 Å². The lowest BCUT2D eigenvalue weighted by Gasteiger charge is -2.30. The Labute approximate surface area is 291 Å². The summed E-state index contributed by atoms with van der Waals surface area (Å²) < 4.78 is 1.99. The fourth-order valence-corrected chi connectivity index (χ4v) is 9.49. The predicted octanol–water partition coefficient (Wildman–Crippen LogP) is 11.1. The maximum absolute atomic E-state index is 5.85. The molecule has 3 unspecified atom stereocenters. The third-order valence-corrected chi connectivity index (χ3v) is 11.3. The molecule has 1 spiro atoms. The fraction of sp³-hybridized carbons (Fsp3) is 0.244. The van der Waals surface area contributed by atoms with Crippen molar-refractivity contribution >= 4 is 29.7 Å². The first-order valence-corrected chi connectivity index (χ1v) is 18.2. The molecule has 0 bridgehead atoms. The van der Waals surface area contributed by atoms with E-state index in [1.165, 1.54) is 60.5 Å². The number of hydrogen-bond acceptors (Lipinski definition) is 2. The number of hydrogen-bond donors (Lipinski definition) is 1. The van der Waals surface area contributed by atoms with Gasteiger partial charge in [-0.3, -0.25) is 0 Å². The van der Waals surface area contributed by atoms with E-state index in [2.05, 4.69) is 137 Å². The quantitative estimate of drug-likeness (QED) is 0.0948. The smallest absolute Gasteiger partial charge is 0.207 e. The highest BCUT2D eigenvalue weighted by molar-refractivity contribution is 8.00. The molecule has 242 valence electrons. The van der Waals surface area contributed by atoms with Crippen LogP contribution in [0.1, 0.15) is 87.3 Å². The lowest BCUT2D eigenvalue weighted by Crippen LogP contribution is -2.26. The normalized spacial score (nSPS) is 21.9. The summed E-state index contributed by atoms with van der Waals surface area (Å²) in [7, 11) is 2.03. The van der Waals surface area contributed by atoms with Crippen molar-refractivity contribution in [3.05, 3.63) is 165 Å². The summed E-state index contributed by atoms with van der Waals surface area (Å²) in [6.45, 7) is 17.0. The first kappa shape index (κ1) is 33.3. The molecule has 2 nitrogen and oxygen atoms in total. The minimum absolute atomic E-state index is 0.407. The first-order chi connectivity index (χ1) is 23.4. The van der Waals surface area contributed by atoms with Crippen LogP contribution in [0.15, 0.2) is 137 Å². The SMILES string of the molecule is C=[N+](C)/C(=C\CC)c1ccc2c(c1)C1(C3=C=CC(C(/C=C\N)=C/C)=CC=C32)c2ccccc2-c2c1ccc1c2SC(C)C1/C=C\C.CC. The van der Waals surface area contributed by atoms with Crippen molar-refractivity contribution in [3.8, 4) is 11.1 Å². The van der Waals surface area contributed by atoms with Crippen LogP contribution in [-0.4, -0.2) is 23.6 Å². The Morgan fingerprint density at radius 3 is 2.52 bits per heavy atom. The van der Waals surface area contributed by atoms with Crippen molar-refractivity contribution in [1.29, 1.82) is 0 Å². The third kappa shape index (κ3) is 4.91. The van der Waals surface area contributed by atoms with Gasteiger partial charge in [0.05, 0.1) is 5.41 Å². The molecule has 0 fully saturated rings. The van der Waals surface area contributed by atoms with Crippen LogP contribution in [0.5, 0.6) is 0 Å². The van der Waals surface area contributed by atoms with Crippen LogP contribution in [0.3, 0.4) is 0 Å². The largest absolute Gasteiger partial charge is 0.405 e. The Kier molecular flexibility index (Phi) is 9.39. The van der Waals surface area contributed by atoms with Crippen LogP contribution < -0.4 is 5.73 Å². The molecule has 0 aromatic heterocycles. The Morgan fingerprint density at radius 1 is 1.02 bits per heavy atom. The second kappa shape index (κ2) is 13.5. The van der Waals surface area contributed by atoms with E-state index in [-0.39, 0.29) is 0 Å². The fourth-order valence-electron chi connectivity index (χ4n) is 8.06. The Hall–Kier alpha value is -4.56. The van der Waals surface area contributed by atoms with E-state index in [9.17, 15) is 0 Å². The zero-order valence-corrected chi connectivity index (χ0v) is 30.2. The molecule has 0 saturated carbocycles. The molecule has 1 heterocycles. The van der Waals surface area contributed by atoms with Crippen LogP contribution in [-0.2, 0) is 5.41 Å². The van der Waals surface area contributed by atoms with Crippen molar-refractivity contribution in [3.63, 3.8) is 0 Å². The summed E-state index contributed by atoms with van der Waals surface area (Å²) in [6.07, 6.45) is 20.1. The molecule has 2 N–H and O–H groups in total. The standard InChI is InChI=1S/C43H41N2S.C2H6/c1-7-12-31-27(4)46-42-34(31)21-23-38-41(42)35-14-10-11-15-36(35)43(38)37-22-18-29(28(9-3)24-25-44)16-19-32(37)33-20-17-30(26-39(33)43)40(13-8-2)45(5)6;1-2/h7,9-21,23-27,31H,5,8,44H2,1-4,6H3;1-2H3/q+1;/b12-7-,25-24-,28-9+,40-13-;. The molecule has 4 aliphatic rings. The van der Waals surface area contributed by atoms with Gasteiger partial charge in [-0.2, -0.15) is 0 Å². The zero-order valence-electron chi connectivity index (χ0n) is 29.4. The molecule has 0 amide bonds. The highest BCUT2D eigenvalue weighted by atomic mass is 32.2. The van der Waals surface area contributed by atoms with E-state index >= 15 is 0 Å². The summed E-state index contributed by atoms with van der Waals surface area (Å²) in [5.74, 6) is 0.407. The van der Waals surface area contributed by atoms with Crippen molar-refractivity contribution < 1.29 is 4.58 Å². The maximum atomic E-state index is 5.85. The molecular formula is C45H47N2S+. The molecule has 3 atom stereocenters. The van der Waals surface area contributed by atoms with Gasteiger partial charge in [-0.25, -0.2) is 4.58 Å². The van der Waals surface area contributed by atoms with Gasteiger partial charge in [-0.1, -0.05) is 101 Å². The predicted molar refractivity (Wildman–Crippen MR) is 209 cm³/mol. The number of nitrogens with zero attached hydrogens (tertiary/aromatic N) is 1. The van der Waals surface area contributed by atoms with Gasteiger partial charge in [-0.15, -0.1) is 17.5 Å². The molecule has 1 aliphatic heterocycles. The Bertz CT molecular complexity index is 2070. The maximum Gasteiger partial charge on any atom is 0.207 e. The van der Waals surface area contributed by atoms with Crippen LogP contribution in [0.2, 0.25) is 0 Å². The summed E-state index contributed by atoms with van der Waals surface area (Å²) in [4.78, 5) is 1.43. The van der Waals surface area contributed by atoms with Gasteiger partial charge in [-0.05, 0) is 107 Å². The van der Waals surface area contributed by atoms with E-state index in [1.54, 1.807) is 6.20 Å². The molecular weight excluding hydrogens is 601 g/mol. The molecule has 0 saturated heterocycles. The Balaban J connectivity index is 0.00000197. The Morgan fingerprint density at radius 2 is 1.81 bits per heavy atom. The summed E-state index contributed by atoms with van der Waals surface area (Å²) >= 11 is 2.03. The van der Waals surface area contributed by atoms with E-state index in [4.69, 9.17) is 5.73 Å². The minimum Gasteiger partial charge on any atom is -0.405 e. The number of thioether (sulfide) groups is 1. The summed E-state index contributed by atoms with van der Waals surface area (Å²) in [5, 5.41) is 0.479. The average molecular weight is 648 g/mol. The first-order valence-electron chi connectivity index (χ1n) is 17.3. The van der Waals surface area contributed by atoms with E-state index in [0.29, 0.717) is 11.2 Å². The lowest BCUT2D eigenvalue weighted by atomic mass is 9.70. The highest BCUT2D eigenvalue weighted by Gasteiger charge is 2.55. The molecule has 3 aliphatic carbocycles. The lowest BCUT2D eigenvalue weighted by molar-refractivity contribution is -0.385. The van der Waals surface area contributed by atoms with Gasteiger partial charge in [0.2, 0.25) is 5.70 Å². The molecule has 48 heavy (non-hydrogen) atoms. The van der Waals surface area contributed by atoms with Crippen LogP contribution in [0, 0.1) is 0 Å². The van der Waals surface area contributed by atoms with Crippen LogP contribution in [0.25, 0.3) is 22.4 Å². The van der Waals surface area contributed by atoms with E-state index < -0.39 is 5.41 Å². The molecule has 3 heteroatoms. The van der Waals surface area contributed by atoms with Crippen molar-refractivity contribution in [1.82, 2.24) is 0 Å². The third-order valence-electron chi connectivity index (χ3n) is 9.95. The zero-order chi connectivity index (χ0) is 34.2. The van der Waals surface area contributed by atoms with E-state index in [0.717, 1.165) is 23.3 Å². The van der Waals surface area contributed by atoms with Gasteiger partial charge >= 0.3 is 0 Å². The second-order valence-corrected chi connectivity index (χ2v) is 13.9. The van der Waals surface area contributed by atoms with Crippen LogP contribution >= 0.6 is 11.8 Å². The topological polar surface area (TPSA) is 29.0 Å². The number of rotatable bonds is 6. The molecule has 3 aromatic rings. The van der Waals surface area contributed by atoms with Crippen molar-refractivity contribution in [2.45, 2.75) is 69.4 Å². The van der Waals surface area contributed by atoms with Crippen LogP contribution in [0.4, 0.5) is 0 Å². The van der Waals surface area contributed by atoms with Gasteiger partial charge in [0.25, 0.3) is 0 Å². The molecule has 7 rings (SSSR count). The number of nitrogens with two attached hydrogens (primary N) is 1. The minimum atomic E-state index is -0.503. The number of fused-ring (bicyclic) bond motifs is 12. The average Bonchev–Trinajstić information content (AvgIpc) is 3.61. The monoisotopic (exact) mass is 647 g/mol. The highest BCUT2D eigenvalue weighted by Crippen LogP contribution is 2.66. The second-order valence-electron chi connectivity index (χ2n) is 12.5. The molecule has 3 aromatic carbocycles. The van der Waals surface area contributed by atoms with Gasteiger partial charge < -0.3 is 5.73 Å². The van der Waals surface area contributed by atoms with Crippen molar-refractivity contribution in [2.75, 3.05) is 7.05 Å². The molecule has 0 radical (unpaired) electrons.